The normalized spacial score (nSPS) is 32.2. The molecule has 1 saturated carbocycles. The van der Waals surface area contributed by atoms with Gasteiger partial charge in [0, 0.05) is 25.7 Å². The molecular formula is C10H20N2. The second-order valence-electron chi connectivity index (χ2n) is 4.20. The molecule has 70 valence electrons. The first-order valence-electron chi connectivity index (χ1n) is 5.36. The molecule has 2 nitrogen and oxygen atoms in total. The van der Waals surface area contributed by atoms with Crippen LogP contribution in [-0.2, 0) is 0 Å². The van der Waals surface area contributed by atoms with Crippen LogP contribution in [0, 0.1) is 5.92 Å². The molecule has 0 aromatic rings. The van der Waals surface area contributed by atoms with Crippen LogP contribution in [0.1, 0.15) is 26.2 Å². The van der Waals surface area contributed by atoms with E-state index in [1.165, 1.54) is 45.4 Å². The van der Waals surface area contributed by atoms with E-state index in [4.69, 9.17) is 0 Å². The molecule has 0 aromatic carbocycles. The number of hydrogen-bond acceptors (Lipinski definition) is 2. The Morgan fingerprint density at radius 1 is 1.42 bits per heavy atom. The first-order valence-corrected chi connectivity index (χ1v) is 5.36. The summed E-state index contributed by atoms with van der Waals surface area (Å²) >= 11 is 0. The van der Waals surface area contributed by atoms with Crippen molar-refractivity contribution in [2.75, 3.05) is 26.2 Å². The molecule has 0 aromatic heterocycles. The predicted octanol–water partition coefficient (Wildman–Crippen LogP) is 1.08. The molecule has 1 saturated heterocycles. The third-order valence-electron chi connectivity index (χ3n) is 3.02. The molecule has 0 spiro atoms. The predicted molar refractivity (Wildman–Crippen MR) is 51.2 cm³/mol. The second-order valence-corrected chi connectivity index (χ2v) is 4.20. The SMILES string of the molecule is CCCN1CCNC(C2CC2)C1. The quantitative estimate of drug-likeness (QED) is 0.678. The standard InChI is InChI=1S/C10H20N2/c1-2-6-12-7-5-11-10(8-12)9-3-4-9/h9-11H,2-8H2,1H3. The maximum Gasteiger partial charge on any atom is 0.0223 e. The van der Waals surface area contributed by atoms with Gasteiger partial charge >= 0.3 is 0 Å². The zero-order chi connectivity index (χ0) is 8.39. The molecule has 12 heavy (non-hydrogen) atoms. The van der Waals surface area contributed by atoms with Crippen LogP contribution in [0.5, 0.6) is 0 Å². The fourth-order valence-corrected chi connectivity index (χ4v) is 2.18. The van der Waals surface area contributed by atoms with E-state index in [1.807, 2.05) is 0 Å². The molecule has 0 radical (unpaired) electrons. The van der Waals surface area contributed by atoms with E-state index < -0.39 is 0 Å². The first kappa shape index (κ1) is 8.52. The lowest BCUT2D eigenvalue weighted by atomic mass is 10.1. The van der Waals surface area contributed by atoms with Gasteiger partial charge < -0.3 is 10.2 Å². The van der Waals surface area contributed by atoms with Crippen molar-refractivity contribution in [3.63, 3.8) is 0 Å². The molecule has 1 N–H and O–H groups in total. The highest BCUT2D eigenvalue weighted by atomic mass is 15.2. The van der Waals surface area contributed by atoms with Crippen LogP contribution in [0.3, 0.4) is 0 Å². The Bertz CT molecular complexity index is 141. The van der Waals surface area contributed by atoms with Crippen LogP contribution >= 0.6 is 0 Å². The molecule has 1 atom stereocenters. The van der Waals surface area contributed by atoms with E-state index in [2.05, 4.69) is 17.1 Å². The summed E-state index contributed by atoms with van der Waals surface area (Å²) < 4.78 is 0. The maximum atomic E-state index is 3.63. The van der Waals surface area contributed by atoms with Gasteiger partial charge in [0.1, 0.15) is 0 Å². The number of nitrogens with one attached hydrogen (secondary N) is 1. The molecule has 0 amide bonds. The van der Waals surface area contributed by atoms with Crippen molar-refractivity contribution in [2.24, 2.45) is 5.92 Å². The van der Waals surface area contributed by atoms with Crippen LogP contribution < -0.4 is 5.32 Å². The van der Waals surface area contributed by atoms with E-state index in [9.17, 15) is 0 Å². The van der Waals surface area contributed by atoms with Gasteiger partial charge in [-0.15, -0.1) is 0 Å². The van der Waals surface area contributed by atoms with Crippen molar-refractivity contribution >= 4 is 0 Å². The minimum Gasteiger partial charge on any atom is -0.311 e. The minimum absolute atomic E-state index is 0.824. The van der Waals surface area contributed by atoms with Gasteiger partial charge in [-0.05, 0) is 31.7 Å². The molecule has 1 unspecified atom stereocenters. The molecule has 1 aliphatic heterocycles. The summed E-state index contributed by atoms with van der Waals surface area (Å²) in [5, 5.41) is 3.63. The largest absolute Gasteiger partial charge is 0.311 e. The van der Waals surface area contributed by atoms with Crippen LogP contribution in [0.4, 0.5) is 0 Å². The zero-order valence-corrected chi connectivity index (χ0v) is 8.05. The highest BCUT2D eigenvalue weighted by molar-refractivity contribution is 4.90. The van der Waals surface area contributed by atoms with Crippen LogP contribution in [-0.4, -0.2) is 37.1 Å². The van der Waals surface area contributed by atoms with Crippen molar-refractivity contribution in [2.45, 2.75) is 32.2 Å². The lowest BCUT2D eigenvalue weighted by Crippen LogP contribution is -2.51. The summed E-state index contributed by atoms with van der Waals surface area (Å²) in [5.74, 6) is 1.02. The topological polar surface area (TPSA) is 15.3 Å². The summed E-state index contributed by atoms with van der Waals surface area (Å²) in [7, 11) is 0. The molecule has 1 aliphatic carbocycles. The van der Waals surface area contributed by atoms with Crippen molar-refractivity contribution in [3.8, 4) is 0 Å². The Kier molecular flexibility index (Phi) is 2.66. The van der Waals surface area contributed by atoms with Gasteiger partial charge in [-0.3, -0.25) is 0 Å². The van der Waals surface area contributed by atoms with Crippen molar-refractivity contribution in [3.05, 3.63) is 0 Å². The molecule has 2 fully saturated rings. The maximum absolute atomic E-state index is 3.63. The van der Waals surface area contributed by atoms with Crippen molar-refractivity contribution in [1.82, 2.24) is 10.2 Å². The van der Waals surface area contributed by atoms with Crippen molar-refractivity contribution in [1.29, 1.82) is 0 Å². The van der Waals surface area contributed by atoms with Crippen LogP contribution in [0.2, 0.25) is 0 Å². The van der Waals surface area contributed by atoms with Gasteiger partial charge in [0.2, 0.25) is 0 Å². The zero-order valence-electron chi connectivity index (χ0n) is 8.05. The van der Waals surface area contributed by atoms with E-state index in [0.717, 1.165) is 12.0 Å². The Balaban J connectivity index is 1.77. The van der Waals surface area contributed by atoms with E-state index in [0.29, 0.717) is 0 Å². The van der Waals surface area contributed by atoms with E-state index >= 15 is 0 Å². The average Bonchev–Trinajstić information content (AvgIpc) is 2.88. The number of piperazine rings is 1. The molecule has 2 aliphatic rings. The number of hydrogen-bond donors (Lipinski definition) is 1. The summed E-state index contributed by atoms with van der Waals surface area (Å²) in [6, 6.07) is 0.824. The minimum atomic E-state index is 0.824. The average molecular weight is 168 g/mol. The molecular weight excluding hydrogens is 148 g/mol. The van der Waals surface area contributed by atoms with Gasteiger partial charge in [0.05, 0.1) is 0 Å². The number of nitrogens with zero attached hydrogens (tertiary/aromatic N) is 1. The van der Waals surface area contributed by atoms with Gasteiger partial charge in [-0.25, -0.2) is 0 Å². The third-order valence-corrected chi connectivity index (χ3v) is 3.02. The third kappa shape index (κ3) is 1.99. The van der Waals surface area contributed by atoms with E-state index in [1.54, 1.807) is 0 Å². The summed E-state index contributed by atoms with van der Waals surface area (Å²) in [6.07, 6.45) is 4.24. The summed E-state index contributed by atoms with van der Waals surface area (Å²) in [6.45, 7) is 7.34. The second kappa shape index (κ2) is 3.75. The smallest absolute Gasteiger partial charge is 0.0223 e. The summed E-state index contributed by atoms with van der Waals surface area (Å²) in [5.41, 5.74) is 0. The molecule has 2 heteroatoms. The highest BCUT2D eigenvalue weighted by Crippen LogP contribution is 2.33. The van der Waals surface area contributed by atoms with Gasteiger partial charge in [-0.1, -0.05) is 6.92 Å². The van der Waals surface area contributed by atoms with Crippen molar-refractivity contribution < 1.29 is 0 Å². The number of rotatable bonds is 3. The van der Waals surface area contributed by atoms with Gasteiger partial charge in [0.15, 0.2) is 0 Å². The van der Waals surface area contributed by atoms with Gasteiger partial charge in [-0.2, -0.15) is 0 Å². The first-order chi connectivity index (χ1) is 5.90. The highest BCUT2D eigenvalue weighted by Gasteiger charge is 2.33. The Labute approximate surface area is 75.3 Å². The van der Waals surface area contributed by atoms with Gasteiger partial charge in [0.25, 0.3) is 0 Å². The Morgan fingerprint density at radius 2 is 2.25 bits per heavy atom. The lowest BCUT2D eigenvalue weighted by molar-refractivity contribution is 0.189. The monoisotopic (exact) mass is 168 g/mol. The summed E-state index contributed by atoms with van der Waals surface area (Å²) in [4.78, 5) is 2.61. The fourth-order valence-electron chi connectivity index (χ4n) is 2.18. The molecule has 1 heterocycles. The van der Waals surface area contributed by atoms with Crippen LogP contribution in [0.15, 0.2) is 0 Å². The Morgan fingerprint density at radius 3 is 2.92 bits per heavy atom. The lowest BCUT2D eigenvalue weighted by Gasteiger charge is -2.33. The van der Waals surface area contributed by atoms with E-state index in [-0.39, 0.29) is 0 Å². The Hall–Kier alpha value is -0.0800. The molecule has 2 rings (SSSR count). The van der Waals surface area contributed by atoms with Crippen LogP contribution in [0.25, 0.3) is 0 Å². The fraction of sp³-hybridized carbons (Fsp3) is 1.00. The molecule has 0 bridgehead atoms.